The zero-order valence-electron chi connectivity index (χ0n) is 17.7. The summed E-state index contributed by atoms with van der Waals surface area (Å²) in [5.41, 5.74) is 8.50. The van der Waals surface area contributed by atoms with Crippen molar-refractivity contribution in [3.05, 3.63) is 70.0 Å². The molecule has 0 bridgehead atoms. The molecule has 1 amide bonds. The summed E-state index contributed by atoms with van der Waals surface area (Å²) in [6, 6.07) is 5.15. The molecule has 0 atom stereocenters. The van der Waals surface area contributed by atoms with Gasteiger partial charge in [-0.1, -0.05) is 25.9 Å². The van der Waals surface area contributed by atoms with E-state index in [-0.39, 0.29) is 11.3 Å². The van der Waals surface area contributed by atoms with Crippen molar-refractivity contribution in [2.24, 2.45) is 11.6 Å². The molecule has 9 nitrogen and oxygen atoms in total. The van der Waals surface area contributed by atoms with Gasteiger partial charge < -0.3 is 15.6 Å². The van der Waals surface area contributed by atoms with Gasteiger partial charge in [0, 0.05) is 46.3 Å². The molecule has 3 heterocycles. The van der Waals surface area contributed by atoms with E-state index in [9.17, 15) is 4.79 Å². The van der Waals surface area contributed by atoms with Crippen LogP contribution in [0.25, 0.3) is 5.70 Å². The van der Waals surface area contributed by atoms with Crippen LogP contribution in [0.3, 0.4) is 0 Å². The number of halogens is 1. The summed E-state index contributed by atoms with van der Waals surface area (Å²) in [6.07, 6.45) is 6.30. The molecule has 0 fully saturated rings. The van der Waals surface area contributed by atoms with Gasteiger partial charge in [-0.3, -0.25) is 19.8 Å². The molecule has 31 heavy (non-hydrogen) atoms. The van der Waals surface area contributed by atoms with E-state index in [4.69, 9.17) is 16.1 Å². The van der Waals surface area contributed by atoms with Crippen molar-refractivity contribution < 1.29 is 9.32 Å². The molecule has 3 aromatic heterocycles. The van der Waals surface area contributed by atoms with E-state index in [0.717, 1.165) is 4.47 Å². The van der Waals surface area contributed by atoms with Crippen molar-refractivity contribution in [1.82, 2.24) is 15.1 Å². The van der Waals surface area contributed by atoms with Gasteiger partial charge in [0.25, 0.3) is 5.91 Å². The smallest absolute Gasteiger partial charge is 0.258 e. The maximum Gasteiger partial charge on any atom is 0.258 e. The third kappa shape index (κ3) is 5.47. The van der Waals surface area contributed by atoms with Crippen molar-refractivity contribution in [2.45, 2.75) is 33.1 Å². The zero-order valence-corrected chi connectivity index (χ0v) is 19.3. The maximum atomic E-state index is 12.7. The number of pyridine rings is 2. The quantitative estimate of drug-likeness (QED) is 0.367. The van der Waals surface area contributed by atoms with E-state index in [0.29, 0.717) is 39.8 Å². The molecule has 0 aliphatic rings. The van der Waals surface area contributed by atoms with Crippen LogP contribution in [0.4, 0.5) is 11.5 Å². The van der Waals surface area contributed by atoms with Crippen LogP contribution in [0, 0.1) is 6.92 Å². The van der Waals surface area contributed by atoms with Crippen molar-refractivity contribution in [2.75, 3.05) is 10.3 Å². The van der Waals surface area contributed by atoms with Crippen LogP contribution in [0.15, 0.2) is 52.0 Å². The number of amides is 1. The molecule has 0 saturated carbocycles. The van der Waals surface area contributed by atoms with Gasteiger partial charge in [0.15, 0.2) is 5.82 Å². The molecule has 162 valence electrons. The molecule has 0 aliphatic carbocycles. The number of hydrogen-bond acceptors (Lipinski definition) is 8. The monoisotopic (exact) mass is 485 g/mol. The van der Waals surface area contributed by atoms with E-state index < -0.39 is 0 Å². The van der Waals surface area contributed by atoms with Crippen LogP contribution in [0.5, 0.6) is 0 Å². The lowest BCUT2D eigenvalue weighted by molar-refractivity contribution is 0.102. The van der Waals surface area contributed by atoms with Gasteiger partial charge in [-0.2, -0.15) is 0 Å². The van der Waals surface area contributed by atoms with Crippen LogP contribution >= 0.6 is 15.9 Å². The molecular weight excluding hydrogens is 462 g/mol. The highest BCUT2D eigenvalue weighted by molar-refractivity contribution is 9.10. The van der Waals surface area contributed by atoms with Crippen LogP contribution in [0.2, 0.25) is 0 Å². The number of aromatic nitrogens is 3. The molecule has 3 aromatic rings. The Kier molecular flexibility index (Phi) is 6.42. The molecular formula is C21H24BrN7O2. The second-order valence-corrected chi connectivity index (χ2v) is 8.91. The van der Waals surface area contributed by atoms with Crippen molar-refractivity contribution in [3.8, 4) is 0 Å². The lowest BCUT2D eigenvalue weighted by atomic mass is 9.93. The first-order valence-corrected chi connectivity index (χ1v) is 10.2. The Labute approximate surface area is 188 Å². The van der Waals surface area contributed by atoms with Gasteiger partial charge in [-0.15, -0.1) is 0 Å². The fraction of sp³-hybridized carbons (Fsp3) is 0.238. The number of aryl methyl sites for hydroxylation is 1. The minimum atomic E-state index is -0.385. The number of nitrogens with zero attached hydrogens (tertiary/aromatic N) is 4. The third-order valence-corrected chi connectivity index (χ3v) is 4.84. The Hall–Kier alpha value is -3.24. The lowest BCUT2D eigenvalue weighted by Gasteiger charge is -2.18. The van der Waals surface area contributed by atoms with E-state index in [1.165, 1.54) is 11.2 Å². The van der Waals surface area contributed by atoms with E-state index in [2.05, 4.69) is 36.4 Å². The molecule has 0 radical (unpaired) electrons. The molecule has 0 saturated heterocycles. The zero-order chi connectivity index (χ0) is 22.8. The predicted molar refractivity (Wildman–Crippen MR) is 123 cm³/mol. The van der Waals surface area contributed by atoms with Gasteiger partial charge in [0.1, 0.15) is 5.76 Å². The highest BCUT2D eigenvalue weighted by Crippen LogP contribution is 2.25. The molecule has 0 unspecified atom stereocenters. The van der Waals surface area contributed by atoms with E-state index >= 15 is 0 Å². The minimum Gasteiger partial charge on any atom is -0.397 e. The molecule has 0 aromatic carbocycles. The minimum absolute atomic E-state index is 0.218. The molecule has 0 aliphatic heterocycles. The number of carbonyl (C=O) groups excluding carboxylic acids is 1. The first kappa shape index (κ1) is 22.4. The highest BCUT2D eigenvalue weighted by Gasteiger charge is 2.21. The number of nitrogens with one attached hydrogen (secondary N) is 1. The number of anilines is 2. The number of hydrazine groups is 1. The SMILES string of the molecule is Cc1ncc(C(=O)Nc2cc(C(C)(C)C)on2)cc1N(N)/C=C(\N)c1cncc(Br)c1. The molecule has 5 N–H and O–H groups in total. The van der Waals surface area contributed by atoms with Crippen LogP contribution in [0.1, 0.15) is 48.1 Å². The Morgan fingerprint density at radius 3 is 2.58 bits per heavy atom. The third-order valence-electron chi connectivity index (χ3n) is 4.41. The maximum absolute atomic E-state index is 12.7. The predicted octanol–water partition coefficient (Wildman–Crippen LogP) is 3.72. The Bertz CT molecular complexity index is 1130. The van der Waals surface area contributed by atoms with Gasteiger partial charge in [0.2, 0.25) is 0 Å². The average Bonchev–Trinajstić information content (AvgIpc) is 3.17. The standard InChI is InChI=1S/C21H24BrN7O2/c1-12-17(29(24)11-16(23)13-5-15(22)10-25-8-13)6-14(9-26-12)20(30)27-19-7-18(31-28-19)21(2,3)4/h5-11H,23-24H2,1-4H3,(H,27,28,30)/b16-11-. The lowest BCUT2D eigenvalue weighted by Crippen LogP contribution is -2.27. The van der Waals surface area contributed by atoms with Gasteiger partial charge in [0.05, 0.1) is 22.6 Å². The van der Waals surface area contributed by atoms with E-state index in [1.54, 1.807) is 37.7 Å². The van der Waals surface area contributed by atoms with Crippen molar-refractivity contribution in [3.63, 3.8) is 0 Å². The van der Waals surface area contributed by atoms with Crippen LogP contribution in [-0.2, 0) is 5.41 Å². The summed E-state index contributed by atoms with van der Waals surface area (Å²) >= 11 is 3.36. The Balaban J connectivity index is 1.81. The van der Waals surface area contributed by atoms with Crippen LogP contribution < -0.4 is 21.9 Å². The first-order valence-electron chi connectivity index (χ1n) is 9.42. The summed E-state index contributed by atoms with van der Waals surface area (Å²) < 4.78 is 6.10. The normalized spacial score (nSPS) is 12.0. The van der Waals surface area contributed by atoms with Crippen LogP contribution in [-0.4, -0.2) is 21.0 Å². The fourth-order valence-electron chi connectivity index (χ4n) is 2.65. The molecule has 0 spiro atoms. The van der Waals surface area contributed by atoms with Gasteiger partial charge in [-0.25, -0.2) is 5.84 Å². The number of rotatable bonds is 5. The fourth-order valence-corrected chi connectivity index (χ4v) is 3.01. The summed E-state index contributed by atoms with van der Waals surface area (Å²) in [5.74, 6) is 6.80. The Morgan fingerprint density at radius 1 is 1.19 bits per heavy atom. The summed E-state index contributed by atoms with van der Waals surface area (Å²) in [5, 5.41) is 7.94. The largest absolute Gasteiger partial charge is 0.397 e. The topological polar surface area (TPSA) is 136 Å². The van der Waals surface area contributed by atoms with Gasteiger partial charge >= 0.3 is 0 Å². The second-order valence-electron chi connectivity index (χ2n) is 7.99. The van der Waals surface area contributed by atoms with Crippen molar-refractivity contribution in [1.29, 1.82) is 0 Å². The van der Waals surface area contributed by atoms with Crippen molar-refractivity contribution >= 4 is 39.0 Å². The first-order chi connectivity index (χ1) is 14.5. The number of carbonyl (C=O) groups is 1. The highest BCUT2D eigenvalue weighted by atomic mass is 79.9. The molecule has 3 rings (SSSR count). The van der Waals surface area contributed by atoms with E-state index in [1.807, 2.05) is 26.8 Å². The van der Waals surface area contributed by atoms with Gasteiger partial charge in [-0.05, 0) is 35.0 Å². The molecule has 10 heteroatoms. The number of nitrogens with two attached hydrogens (primary N) is 2. The second kappa shape index (κ2) is 8.86. The summed E-state index contributed by atoms with van der Waals surface area (Å²) in [4.78, 5) is 21.1. The summed E-state index contributed by atoms with van der Waals surface area (Å²) in [7, 11) is 0. The number of hydrogen-bond donors (Lipinski definition) is 3. The Morgan fingerprint density at radius 2 is 1.94 bits per heavy atom. The summed E-state index contributed by atoms with van der Waals surface area (Å²) in [6.45, 7) is 7.77. The average molecular weight is 486 g/mol.